The molecule has 3 aromatic rings. The highest BCUT2D eigenvalue weighted by Crippen LogP contribution is 2.37. The summed E-state index contributed by atoms with van der Waals surface area (Å²) in [5, 5.41) is 3.29. The highest BCUT2D eigenvalue weighted by atomic mass is 16.5. The van der Waals surface area contributed by atoms with Crippen molar-refractivity contribution in [2.24, 2.45) is 4.99 Å². The van der Waals surface area contributed by atoms with Crippen LogP contribution in [-0.2, 0) is 11.3 Å². The predicted octanol–water partition coefficient (Wildman–Crippen LogP) is 4.78. The Morgan fingerprint density at radius 3 is 2.42 bits per heavy atom. The first-order valence-electron chi connectivity index (χ1n) is 8.58. The Bertz CT molecular complexity index is 908. The van der Waals surface area contributed by atoms with Gasteiger partial charge >= 0.3 is 0 Å². The van der Waals surface area contributed by atoms with Gasteiger partial charge in [0, 0.05) is 11.3 Å². The van der Waals surface area contributed by atoms with Crippen molar-refractivity contribution < 1.29 is 9.47 Å². The van der Waals surface area contributed by atoms with Crippen molar-refractivity contribution in [1.29, 1.82) is 0 Å². The van der Waals surface area contributed by atoms with E-state index in [1.54, 1.807) is 7.11 Å². The molecule has 1 aliphatic rings. The molecule has 26 heavy (non-hydrogen) atoms. The molecule has 1 N–H and O–H groups in total. The second-order valence-electron chi connectivity index (χ2n) is 6.09. The van der Waals surface area contributed by atoms with Gasteiger partial charge in [-0.2, -0.15) is 0 Å². The monoisotopic (exact) mass is 344 g/mol. The molecule has 4 heteroatoms. The van der Waals surface area contributed by atoms with Gasteiger partial charge in [-0.1, -0.05) is 60.7 Å². The van der Waals surface area contributed by atoms with Crippen molar-refractivity contribution in [2.45, 2.75) is 12.6 Å². The first-order chi connectivity index (χ1) is 12.8. The van der Waals surface area contributed by atoms with Crippen molar-refractivity contribution in [3.63, 3.8) is 0 Å². The fourth-order valence-corrected chi connectivity index (χ4v) is 3.02. The number of methoxy groups -OCH3 is 1. The molecule has 0 aliphatic carbocycles. The van der Waals surface area contributed by atoms with Crippen LogP contribution >= 0.6 is 0 Å². The zero-order chi connectivity index (χ0) is 17.8. The van der Waals surface area contributed by atoms with Crippen LogP contribution in [0.5, 0.6) is 5.75 Å². The molecule has 4 rings (SSSR count). The molecule has 0 saturated heterocycles. The van der Waals surface area contributed by atoms with E-state index in [2.05, 4.69) is 34.6 Å². The van der Waals surface area contributed by atoms with Gasteiger partial charge in [0.05, 0.1) is 13.7 Å². The summed E-state index contributed by atoms with van der Waals surface area (Å²) in [5.41, 5.74) is 4.24. The first kappa shape index (κ1) is 16.2. The predicted molar refractivity (Wildman–Crippen MR) is 104 cm³/mol. The summed E-state index contributed by atoms with van der Waals surface area (Å²) in [7, 11) is 1.67. The summed E-state index contributed by atoms with van der Waals surface area (Å²) in [6, 6.07) is 26.8. The lowest BCUT2D eigenvalue weighted by Gasteiger charge is -2.29. The van der Waals surface area contributed by atoms with Crippen LogP contribution < -0.4 is 10.1 Å². The second-order valence-corrected chi connectivity index (χ2v) is 6.09. The number of ether oxygens (including phenoxy) is 2. The van der Waals surface area contributed by atoms with Crippen LogP contribution in [0.2, 0.25) is 0 Å². The van der Waals surface area contributed by atoms with E-state index in [1.165, 1.54) is 0 Å². The number of hydrogen-bond acceptors (Lipinski definition) is 3. The number of benzene rings is 3. The maximum Gasteiger partial charge on any atom is 0.290 e. The largest absolute Gasteiger partial charge is 0.497 e. The Morgan fingerprint density at radius 2 is 1.69 bits per heavy atom. The van der Waals surface area contributed by atoms with E-state index in [9.17, 15) is 0 Å². The zero-order valence-electron chi connectivity index (χ0n) is 14.6. The quantitative estimate of drug-likeness (QED) is 0.740. The standard InChI is InChI=1S/C22H20N2O2/c1-25-18-12-13-20-19(14-18)21(17-10-6-3-7-11-17)26-22(24-20)23-15-16-8-4-2-5-9-16/h2-14,21H,15H2,1H3,(H,23,24). The molecule has 1 aliphatic heterocycles. The number of fused-ring (bicyclic) bond motifs is 1. The van der Waals surface area contributed by atoms with Crippen LogP contribution in [0.25, 0.3) is 0 Å². The molecular weight excluding hydrogens is 324 g/mol. The van der Waals surface area contributed by atoms with E-state index in [1.807, 2.05) is 54.6 Å². The van der Waals surface area contributed by atoms with Crippen molar-refractivity contribution in [3.8, 4) is 5.75 Å². The minimum absolute atomic E-state index is 0.225. The molecule has 1 atom stereocenters. The van der Waals surface area contributed by atoms with E-state index >= 15 is 0 Å². The Hall–Kier alpha value is -3.27. The Labute approximate surface area is 153 Å². The molecular formula is C22H20N2O2. The molecule has 130 valence electrons. The van der Waals surface area contributed by atoms with Crippen LogP contribution in [0.1, 0.15) is 22.8 Å². The lowest BCUT2D eigenvalue weighted by molar-refractivity contribution is 0.225. The van der Waals surface area contributed by atoms with E-state index in [0.717, 1.165) is 28.1 Å². The van der Waals surface area contributed by atoms with Gasteiger partial charge in [0.25, 0.3) is 6.02 Å². The third kappa shape index (κ3) is 3.40. The number of aliphatic imine (C=N–C) groups is 1. The number of anilines is 1. The van der Waals surface area contributed by atoms with Crippen molar-refractivity contribution in [1.82, 2.24) is 0 Å². The molecule has 0 bridgehead atoms. The SMILES string of the molecule is COc1ccc2c(c1)C(c1ccccc1)OC(=NCc1ccccc1)N2. The summed E-state index contributed by atoms with van der Waals surface area (Å²) < 4.78 is 11.6. The number of rotatable bonds is 4. The van der Waals surface area contributed by atoms with E-state index in [4.69, 9.17) is 9.47 Å². The minimum atomic E-state index is -0.225. The Kier molecular flexibility index (Phi) is 4.56. The highest BCUT2D eigenvalue weighted by Gasteiger charge is 2.27. The average molecular weight is 344 g/mol. The van der Waals surface area contributed by atoms with Gasteiger partial charge in [0.1, 0.15) is 5.75 Å². The molecule has 0 radical (unpaired) electrons. The van der Waals surface area contributed by atoms with E-state index in [-0.39, 0.29) is 6.10 Å². The maximum absolute atomic E-state index is 6.20. The lowest BCUT2D eigenvalue weighted by atomic mass is 9.98. The van der Waals surface area contributed by atoms with Gasteiger partial charge in [-0.3, -0.25) is 0 Å². The molecule has 3 aromatic carbocycles. The van der Waals surface area contributed by atoms with Crippen molar-refractivity contribution in [2.75, 3.05) is 12.4 Å². The molecule has 4 nitrogen and oxygen atoms in total. The summed E-state index contributed by atoms with van der Waals surface area (Å²) in [6.45, 7) is 0.566. The smallest absolute Gasteiger partial charge is 0.290 e. The van der Waals surface area contributed by atoms with Crippen LogP contribution in [0.3, 0.4) is 0 Å². The second kappa shape index (κ2) is 7.31. The van der Waals surface area contributed by atoms with Gasteiger partial charge in [-0.25, -0.2) is 4.99 Å². The topological polar surface area (TPSA) is 42.9 Å². The van der Waals surface area contributed by atoms with Gasteiger partial charge < -0.3 is 14.8 Å². The van der Waals surface area contributed by atoms with Crippen LogP contribution in [0.4, 0.5) is 5.69 Å². The summed E-state index contributed by atoms with van der Waals surface area (Å²) >= 11 is 0. The minimum Gasteiger partial charge on any atom is -0.497 e. The fraction of sp³-hybridized carbons (Fsp3) is 0.136. The first-order valence-corrected chi connectivity index (χ1v) is 8.58. The van der Waals surface area contributed by atoms with Gasteiger partial charge in [-0.05, 0) is 29.3 Å². The number of nitrogens with zero attached hydrogens (tertiary/aromatic N) is 1. The van der Waals surface area contributed by atoms with Gasteiger partial charge in [0.15, 0.2) is 6.10 Å². The Morgan fingerprint density at radius 1 is 0.962 bits per heavy atom. The van der Waals surface area contributed by atoms with Crippen LogP contribution in [-0.4, -0.2) is 13.1 Å². The Balaban J connectivity index is 1.68. The fourth-order valence-electron chi connectivity index (χ4n) is 3.02. The summed E-state index contributed by atoms with van der Waals surface area (Å²) in [4.78, 5) is 4.62. The number of amidine groups is 1. The number of nitrogens with one attached hydrogen (secondary N) is 1. The highest BCUT2D eigenvalue weighted by molar-refractivity contribution is 5.92. The molecule has 0 saturated carbocycles. The summed E-state index contributed by atoms with van der Waals surface area (Å²) in [6.07, 6.45) is -0.225. The molecule has 0 amide bonds. The average Bonchev–Trinajstić information content (AvgIpc) is 2.72. The van der Waals surface area contributed by atoms with Crippen LogP contribution in [0, 0.1) is 0 Å². The van der Waals surface area contributed by atoms with Gasteiger partial charge in [0.2, 0.25) is 0 Å². The van der Waals surface area contributed by atoms with Crippen molar-refractivity contribution in [3.05, 3.63) is 95.6 Å². The molecule has 0 spiro atoms. The summed E-state index contributed by atoms with van der Waals surface area (Å²) in [5.74, 6) is 0.805. The van der Waals surface area contributed by atoms with Crippen molar-refractivity contribution >= 4 is 11.7 Å². The molecule has 0 fully saturated rings. The van der Waals surface area contributed by atoms with Crippen LogP contribution in [0.15, 0.2) is 83.9 Å². The zero-order valence-corrected chi connectivity index (χ0v) is 14.6. The third-order valence-corrected chi connectivity index (χ3v) is 4.36. The maximum atomic E-state index is 6.20. The van der Waals surface area contributed by atoms with E-state index in [0.29, 0.717) is 12.6 Å². The molecule has 1 heterocycles. The normalized spacial score (nSPS) is 17.1. The number of hydrogen-bond donors (Lipinski definition) is 1. The van der Waals surface area contributed by atoms with Gasteiger partial charge in [-0.15, -0.1) is 0 Å². The third-order valence-electron chi connectivity index (χ3n) is 4.36. The molecule has 0 aromatic heterocycles. The van der Waals surface area contributed by atoms with E-state index < -0.39 is 0 Å². The lowest BCUT2D eigenvalue weighted by Crippen LogP contribution is -2.27. The molecule has 1 unspecified atom stereocenters.